The third-order valence-electron chi connectivity index (χ3n) is 2.92. The van der Waals surface area contributed by atoms with Crippen molar-refractivity contribution in [1.29, 1.82) is 0 Å². The minimum atomic E-state index is 1.00. The molecule has 89 valence electrons. The number of aryl methyl sites for hydroxylation is 3. The first-order valence-corrected chi connectivity index (χ1v) is 6.40. The molecule has 0 aliphatic carbocycles. The Morgan fingerprint density at radius 1 is 1.24 bits per heavy atom. The Hall–Kier alpha value is -1.57. The molecule has 0 aliphatic heterocycles. The average molecular weight is 228 g/mol. The van der Waals surface area contributed by atoms with E-state index in [0.29, 0.717) is 0 Å². The molecule has 1 radical (unpaired) electrons. The van der Waals surface area contributed by atoms with E-state index >= 15 is 0 Å². The fourth-order valence-corrected chi connectivity index (χ4v) is 1.86. The van der Waals surface area contributed by atoms with Crippen LogP contribution in [-0.4, -0.2) is 4.57 Å². The van der Waals surface area contributed by atoms with Gasteiger partial charge < -0.3 is 0 Å². The van der Waals surface area contributed by atoms with E-state index in [1.807, 2.05) is 0 Å². The Balaban J connectivity index is 1.85. The number of nitrogens with zero attached hydrogens (tertiary/aromatic N) is 2. The van der Waals surface area contributed by atoms with E-state index in [1.165, 1.54) is 18.4 Å². The van der Waals surface area contributed by atoms with Crippen LogP contribution in [0.2, 0.25) is 0 Å². The number of unbranched alkanes of at least 4 members (excludes halogenated alkanes) is 1. The predicted octanol–water partition coefficient (Wildman–Crippen LogP) is 2.62. The lowest BCUT2D eigenvalue weighted by Gasteiger charge is -1.97. The van der Waals surface area contributed by atoms with Crippen molar-refractivity contribution >= 4 is 0 Å². The number of aromatic nitrogens is 2. The molecular weight excluding hydrogens is 208 g/mol. The van der Waals surface area contributed by atoms with Crippen LogP contribution in [0.3, 0.4) is 0 Å². The van der Waals surface area contributed by atoms with Gasteiger partial charge >= 0.3 is 6.33 Å². The fraction of sp³-hybridized carbons (Fsp3) is 0.400. The molecule has 1 heterocycles. The zero-order chi connectivity index (χ0) is 11.9. The molecule has 0 saturated carbocycles. The average Bonchev–Trinajstić information content (AvgIpc) is 2.83. The molecule has 0 N–H and O–H groups in total. The predicted molar refractivity (Wildman–Crippen MR) is 68.5 cm³/mol. The van der Waals surface area contributed by atoms with Gasteiger partial charge in [-0.3, -0.25) is 0 Å². The highest BCUT2D eigenvalue weighted by Gasteiger charge is 2.05. The van der Waals surface area contributed by atoms with Crippen LogP contribution in [0.25, 0.3) is 0 Å². The molecular formula is C15H20N2+. The maximum absolute atomic E-state index is 3.35. The van der Waals surface area contributed by atoms with Crippen molar-refractivity contribution < 1.29 is 4.57 Å². The largest absolute Gasteiger partial charge is 0.373 e. The molecule has 0 unspecified atom stereocenters. The van der Waals surface area contributed by atoms with E-state index in [1.54, 1.807) is 0 Å². The zero-order valence-electron chi connectivity index (χ0n) is 10.5. The van der Waals surface area contributed by atoms with E-state index in [-0.39, 0.29) is 0 Å². The molecule has 17 heavy (non-hydrogen) atoms. The van der Waals surface area contributed by atoms with Crippen LogP contribution in [-0.2, 0) is 19.5 Å². The van der Waals surface area contributed by atoms with Crippen LogP contribution in [0.4, 0.5) is 0 Å². The van der Waals surface area contributed by atoms with Crippen LogP contribution in [0.1, 0.15) is 25.3 Å². The Morgan fingerprint density at radius 3 is 2.82 bits per heavy atom. The van der Waals surface area contributed by atoms with Gasteiger partial charge in [-0.25, -0.2) is 9.13 Å². The summed E-state index contributed by atoms with van der Waals surface area (Å²) in [6, 6.07) is 10.6. The van der Waals surface area contributed by atoms with Gasteiger partial charge in [0.1, 0.15) is 12.4 Å². The molecule has 0 atom stereocenters. The third kappa shape index (κ3) is 3.74. The van der Waals surface area contributed by atoms with Gasteiger partial charge in [-0.05, 0) is 12.0 Å². The van der Waals surface area contributed by atoms with Gasteiger partial charge in [0.2, 0.25) is 0 Å². The molecule has 0 bridgehead atoms. The smallest absolute Gasteiger partial charge is 0.223 e. The van der Waals surface area contributed by atoms with Gasteiger partial charge in [-0.15, -0.1) is 0 Å². The third-order valence-corrected chi connectivity index (χ3v) is 2.92. The lowest BCUT2D eigenvalue weighted by Crippen LogP contribution is -2.32. The first-order valence-electron chi connectivity index (χ1n) is 6.40. The highest BCUT2D eigenvalue weighted by Crippen LogP contribution is 1.99. The fourth-order valence-electron chi connectivity index (χ4n) is 1.86. The molecule has 2 nitrogen and oxygen atoms in total. The molecule has 0 amide bonds. The van der Waals surface area contributed by atoms with Crippen LogP contribution in [0, 0.1) is 6.33 Å². The Bertz CT molecular complexity index is 431. The molecule has 2 heteroatoms. The second-order valence-electron chi connectivity index (χ2n) is 4.37. The number of imidazole rings is 1. The summed E-state index contributed by atoms with van der Waals surface area (Å²) in [5, 5.41) is 0. The maximum Gasteiger partial charge on any atom is 0.373 e. The van der Waals surface area contributed by atoms with E-state index in [0.717, 1.165) is 19.5 Å². The molecule has 0 aliphatic rings. The SMILES string of the molecule is CCCCn1[c][n+](CCc2ccccc2)cc1. The summed E-state index contributed by atoms with van der Waals surface area (Å²) in [6.45, 7) is 4.30. The molecule has 2 rings (SSSR count). The Labute approximate surface area is 104 Å². The zero-order valence-corrected chi connectivity index (χ0v) is 10.5. The summed E-state index contributed by atoms with van der Waals surface area (Å²) in [7, 11) is 0. The summed E-state index contributed by atoms with van der Waals surface area (Å²) in [5.41, 5.74) is 1.38. The van der Waals surface area contributed by atoms with Crippen molar-refractivity contribution in [2.24, 2.45) is 0 Å². The molecule has 0 fully saturated rings. The maximum atomic E-state index is 3.35. The first kappa shape index (κ1) is 11.9. The summed E-state index contributed by atoms with van der Waals surface area (Å²) in [6.07, 6.45) is 11.1. The van der Waals surface area contributed by atoms with Crippen molar-refractivity contribution in [2.45, 2.75) is 39.3 Å². The molecule has 0 saturated heterocycles. The van der Waals surface area contributed by atoms with E-state index in [2.05, 4.69) is 65.1 Å². The summed E-state index contributed by atoms with van der Waals surface area (Å²) in [4.78, 5) is 0. The highest BCUT2D eigenvalue weighted by atomic mass is 15.1. The summed E-state index contributed by atoms with van der Waals surface area (Å²) < 4.78 is 4.29. The minimum absolute atomic E-state index is 1.00. The lowest BCUT2D eigenvalue weighted by atomic mass is 10.1. The van der Waals surface area contributed by atoms with Gasteiger partial charge in [0.25, 0.3) is 0 Å². The van der Waals surface area contributed by atoms with Gasteiger partial charge in [0.15, 0.2) is 0 Å². The quantitative estimate of drug-likeness (QED) is 0.672. The second kappa shape index (κ2) is 6.24. The molecule has 1 aromatic carbocycles. The van der Waals surface area contributed by atoms with Crippen LogP contribution < -0.4 is 4.57 Å². The van der Waals surface area contributed by atoms with E-state index < -0.39 is 0 Å². The first-order chi connectivity index (χ1) is 8.38. The van der Waals surface area contributed by atoms with E-state index in [4.69, 9.17) is 0 Å². The van der Waals surface area contributed by atoms with Crippen LogP contribution in [0.15, 0.2) is 42.7 Å². The van der Waals surface area contributed by atoms with Gasteiger partial charge in [0, 0.05) is 6.42 Å². The van der Waals surface area contributed by atoms with E-state index in [9.17, 15) is 0 Å². The Kier molecular flexibility index (Phi) is 4.37. The highest BCUT2D eigenvalue weighted by molar-refractivity contribution is 5.14. The summed E-state index contributed by atoms with van der Waals surface area (Å²) in [5.74, 6) is 0. The van der Waals surface area contributed by atoms with Crippen molar-refractivity contribution in [1.82, 2.24) is 4.57 Å². The topological polar surface area (TPSA) is 8.81 Å². The van der Waals surface area contributed by atoms with Crippen molar-refractivity contribution in [2.75, 3.05) is 0 Å². The minimum Gasteiger partial charge on any atom is -0.223 e. The molecule has 0 spiro atoms. The number of benzene rings is 1. The second-order valence-corrected chi connectivity index (χ2v) is 4.37. The number of hydrogen-bond donors (Lipinski definition) is 0. The van der Waals surface area contributed by atoms with Gasteiger partial charge in [-0.1, -0.05) is 43.7 Å². The summed E-state index contributed by atoms with van der Waals surface area (Å²) >= 11 is 0. The Morgan fingerprint density at radius 2 is 2.06 bits per heavy atom. The number of hydrogen-bond acceptors (Lipinski definition) is 0. The number of rotatable bonds is 6. The monoisotopic (exact) mass is 228 g/mol. The lowest BCUT2D eigenvalue weighted by molar-refractivity contribution is -0.700. The molecule has 1 aromatic heterocycles. The van der Waals surface area contributed by atoms with Crippen LogP contribution in [0.5, 0.6) is 0 Å². The van der Waals surface area contributed by atoms with Gasteiger partial charge in [-0.2, -0.15) is 0 Å². The normalized spacial score (nSPS) is 10.6. The molecule has 2 aromatic rings. The standard InChI is InChI=1S/C15H20N2/c1-2-3-10-16-12-13-17(14-16)11-9-15-7-5-4-6-8-15/h4-8,12-13H,2-3,9-11H2,1H3/q+1. The van der Waals surface area contributed by atoms with Gasteiger partial charge in [0.05, 0.1) is 13.1 Å². The van der Waals surface area contributed by atoms with Crippen LogP contribution >= 0.6 is 0 Å². The van der Waals surface area contributed by atoms with Crippen molar-refractivity contribution in [3.8, 4) is 0 Å². The van der Waals surface area contributed by atoms with Crippen molar-refractivity contribution in [3.63, 3.8) is 0 Å². The van der Waals surface area contributed by atoms with Crippen molar-refractivity contribution in [3.05, 3.63) is 54.6 Å².